The van der Waals surface area contributed by atoms with Gasteiger partial charge in [-0.2, -0.15) is 0 Å². The number of aryl methyl sites for hydroxylation is 1. The molecule has 1 aliphatic heterocycles. The second-order valence-corrected chi connectivity index (χ2v) is 11.7. The number of hydrogen-bond donors (Lipinski definition) is 2. The number of benzene rings is 4. The van der Waals surface area contributed by atoms with E-state index in [0.717, 1.165) is 22.3 Å². The molecule has 0 bridgehead atoms. The van der Waals surface area contributed by atoms with Gasteiger partial charge in [0.2, 0.25) is 0 Å². The van der Waals surface area contributed by atoms with E-state index >= 15 is 0 Å². The van der Waals surface area contributed by atoms with Crippen molar-refractivity contribution in [2.45, 2.75) is 45.3 Å². The first kappa shape index (κ1) is 35.2. The van der Waals surface area contributed by atoms with E-state index < -0.39 is 11.0 Å². The zero-order valence-electron chi connectivity index (χ0n) is 22.7. The number of nitro benzene ring substituents is 2. The SMILES string of the molecule is C.O=[N+]([O-])c1cccc(C(O)CCCc2ccc(Cl)cc2Cl)c1.O=[N+]([O-])c1cccc(C2CNCc3c(Cl)cc(Cl)cc32)c1. The molecule has 232 valence electrons. The first-order valence-corrected chi connectivity index (χ1v) is 14.8. The van der Waals surface area contributed by atoms with Crippen LogP contribution >= 0.6 is 46.4 Å². The molecule has 1 heterocycles. The topological polar surface area (TPSA) is 119 Å². The van der Waals surface area contributed by atoms with Crippen LogP contribution in [0.1, 0.15) is 60.1 Å². The van der Waals surface area contributed by atoms with E-state index in [9.17, 15) is 25.3 Å². The van der Waals surface area contributed by atoms with Gasteiger partial charge in [0.05, 0.1) is 16.0 Å². The Balaban J connectivity index is 0.000000235. The van der Waals surface area contributed by atoms with Crippen molar-refractivity contribution < 1.29 is 15.0 Å². The molecular weight excluding hydrogens is 648 g/mol. The summed E-state index contributed by atoms with van der Waals surface area (Å²) in [5, 5.41) is 37.5. The van der Waals surface area contributed by atoms with E-state index in [1.165, 1.54) is 18.2 Å². The molecule has 0 aliphatic carbocycles. The van der Waals surface area contributed by atoms with Crippen LogP contribution < -0.4 is 5.32 Å². The molecule has 44 heavy (non-hydrogen) atoms. The van der Waals surface area contributed by atoms with E-state index in [2.05, 4.69) is 5.32 Å². The molecule has 0 amide bonds. The molecule has 5 rings (SSSR count). The first-order chi connectivity index (χ1) is 20.5. The van der Waals surface area contributed by atoms with E-state index in [-0.39, 0.29) is 29.6 Å². The van der Waals surface area contributed by atoms with Gasteiger partial charge in [-0.05, 0) is 71.3 Å². The number of aliphatic hydroxyl groups is 1. The minimum atomic E-state index is -0.731. The third kappa shape index (κ3) is 9.14. The Morgan fingerprint density at radius 3 is 2.18 bits per heavy atom. The van der Waals surface area contributed by atoms with Crippen LogP contribution in [-0.4, -0.2) is 21.5 Å². The average Bonchev–Trinajstić information content (AvgIpc) is 2.98. The Kier molecular flexibility index (Phi) is 13.0. The quantitative estimate of drug-likeness (QED) is 0.141. The van der Waals surface area contributed by atoms with Crippen LogP contribution in [0.5, 0.6) is 0 Å². The van der Waals surface area contributed by atoms with Crippen molar-refractivity contribution in [3.63, 3.8) is 0 Å². The lowest BCUT2D eigenvalue weighted by atomic mass is 9.85. The van der Waals surface area contributed by atoms with Gasteiger partial charge >= 0.3 is 0 Å². The van der Waals surface area contributed by atoms with Crippen molar-refractivity contribution in [2.24, 2.45) is 0 Å². The predicted octanol–water partition coefficient (Wildman–Crippen LogP) is 9.73. The molecule has 8 nitrogen and oxygen atoms in total. The van der Waals surface area contributed by atoms with Gasteiger partial charge in [-0.3, -0.25) is 20.2 Å². The van der Waals surface area contributed by atoms with Crippen LogP contribution in [0, 0.1) is 20.2 Å². The molecule has 2 atom stereocenters. The van der Waals surface area contributed by atoms with Crippen molar-refractivity contribution in [1.82, 2.24) is 5.32 Å². The van der Waals surface area contributed by atoms with Crippen LogP contribution in [0.15, 0.2) is 78.9 Å². The molecular formula is C32H31Cl4N3O5. The third-order valence-electron chi connectivity index (χ3n) is 7.11. The zero-order chi connectivity index (χ0) is 31.1. The lowest BCUT2D eigenvalue weighted by Gasteiger charge is -2.27. The zero-order valence-corrected chi connectivity index (χ0v) is 25.7. The summed E-state index contributed by atoms with van der Waals surface area (Å²) < 4.78 is 0. The fraction of sp³-hybridized carbons (Fsp3) is 0.250. The summed E-state index contributed by atoms with van der Waals surface area (Å²) >= 11 is 24.3. The van der Waals surface area contributed by atoms with Crippen LogP contribution in [0.2, 0.25) is 20.1 Å². The highest BCUT2D eigenvalue weighted by atomic mass is 35.5. The smallest absolute Gasteiger partial charge is 0.269 e. The molecule has 4 aromatic carbocycles. The number of aliphatic hydroxyl groups excluding tert-OH is 1. The molecule has 2 N–H and O–H groups in total. The lowest BCUT2D eigenvalue weighted by molar-refractivity contribution is -0.385. The molecule has 0 saturated heterocycles. The summed E-state index contributed by atoms with van der Waals surface area (Å²) in [6.45, 7) is 1.38. The highest BCUT2D eigenvalue weighted by molar-refractivity contribution is 6.35. The summed E-state index contributed by atoms with van der Waals surface area (Å²) in [5.41, 5.74) is 4.52. The Hall–Kier alpha value is -3.24. The van der Waals surface area contributed by atoms with E-state index in [0.29, 0.717) is 58.0 Å². The fourth-order valence-electron chi connectivity index (χ4n) is 4.95. The number of nitro groups is 2. The van der Waals surface area contributed by atoms with Gasteiger partial charge in [-0.15, -0.1) is 0 Å². The van der Waals surface area contributed by atoms with Gasteiger partial charge in [0.25, 0.3) is 11.4 Å². The van der Waals surface area contributed by atoms with Crippen LogP contribution in [-0.2, 0) is 13.0 Å². The molecule has 0 radical (unpaired) electrons. The second-order valence-electron chi connectivity index (χ2n) is 9.99. The number of halogens is 4. The summed E-state index contributed by atoms with van der Waals surface area (Å²) in [4.78, 5) is 20.8. The summed E-state index contributed by atoms with van der Waals surface area (Å²) in [5.74, 6) is 0.00449. The molecule has 0 saturated carbocycles. The minimum absolute atomic E-state index is 0. The second kappa shape index (κ2) is 16.2. The molecule has 12 heteroatoms. The maximum absolute atomic E-state index is 10.9. The van der Waals surface area contributed by atoms with Crippen LogP contribution in [0.3, 0.4) is 0 Å². The minimum Gasteiger partial charge on any atom is -0.388 e. The largest absolute Gasteiger partial charge is 0.388 e. The predicted molar refractivity (Wildman–Crippen MR) is 177 cm³/mol. The molecule has 0 aromatic heterocycles. The van der Waals surface area contributed by atoms with Gasteiger partial charge in [0.15, 0.2) is 0 Å². The maximum atomic E-state index is 10.9. The Bertz CT molecular complexity index is 1640. The summed E-state index contributed by atoms with van der Waals surface area (Å²) in [7, 11) is 0. The lowest BCUT2D eigenvalue weighted by Crippen LogP contribution is -2.29. The highest BCUT2D eigenvalue weighted by Gasteiger charge is 2.25. The number of nitrogens with zero attached hydrogens (tertiary/aromatic N) is 2. The van der Waals surface area contributed by atoms with Gasteiger partial charge in [-0.1, -0.05) is 84.2 Å². The number of hydrogen-bond acceptors (Lipinski definition) is 6. The Morgan fingerprint density at radius 2 is 1.50 bits per heavy atom. The number of non-ortho nitro benzene ring substituents is 2. The maximum Gasteiger partial charge on any atom is 0.269 e. The Labute approximate surface area is 275 Å². The molecule has 2 unspecified atom stereocenters. The van der Waals surface area contributed by atoms with Crippen molar-refractivity contribution in [3.8, 4) is 0 Å². The van der Waals surface area contributed by atoms with Gasteiger partial charge in [-0.25, -0.2) is 0 Å². The van der Waals surface area contributed by atoms with Crippen molar-refractivity contribution in [2.75, 3.05) is 6.54 Å². The number of nitrogens with one attached hydrogen (secondary N) is 1. The van der Waals surface area contributed by atoms with Crippen molar-refractivity contribution in [1.29, 1.82) is 0 Å². The van der Waals surface area contributed by atoms with Crippen LogP contribution in [0.25, 0.3) is 0 Å². The number of fused-ring (bicyclic) bond motifs is 1. The first-order valence-electron chi connectivity index (χ1n) is 13.3. The van der Waals surface area contributed by atoms with E-state index in [1.807, 2.05) is 18.2 Å². The van der Waals surface area contributed by atoms with Crippen molar-refractivity contribution >= 4 is 57.8 Å². The third-order valence-corrected chi connectivity index (χ3v) is 8.25. The highest BCUT2D eigenvalue weighted by Crippen LogP contribution is 2.37. The standard InChI is InChI=1S/C16H15Cl2NO3.C15H12Cl2N2O2.CH4/c17-13-8-7-11(15(18)10-13)3-2-6-16(20)12-4-1-5-14(9-12)19(21)22;16-10-5-12-13(7-18-8-14(12)15(17)6-10)9-2-1-3-11(4-9)19(20)21;/h1,4-5,7-10,16,20H,2-3,6H2;1-6,13,18H,7-8H2;1H4. The molecule has 0 spiro atoms. The van der Waals surface area contributed by atoms with E-state index in [4.69, 9.17) is 46.4 Å². The van der Waals surface area contributed by atoms with Gasteiger partial charge < -0.3 is 10.4 Å². The summed E-state index contributed by atoms with van der Waals surface area (Å²) in [6.07, 6.45) is 1.19. The van der Waals surface area contributed by atoms with Crippen molar-refractivity contribution in [3.05, 3.63) is 147 Å². The van der Waals surface area contributed by atoms with Gasteiger partial charge in [0.1, 0.15) is 0 Å². The monoisotopic (exact) mass is 677 g/mol. The molecule has 4 aromatic rings. The number of rotatable bonds is 8. The van der Waals surface area contributed by atoms with Gasteiger partial charge in [0, 0.05) is 63.4 Å². The fourth-order valence-corrected chi connectivity index (χ4v) is 6.03. The molecule has 0 fully saturated rings. The Morgan fingerprint density at radius 1 is 0.841 bits per heavy atom. The normalized spacial score (nSPS) is 14.3. The van der Waals surface area contributed by atoms with Crippen LogP contribution in [0.4, 0.5) is 11.4 Å². The summed E-state index contributed by atoms with van der Waals surface area (Å²) in [6, 6.07) is 21.7. The van der Waals surface area contributed by atoms with E-state index in [1.54, 1.807) is 42.5 Å². The molecule has 1 aliphatic rings. The average molecular weight is 679 g/mol.